The van der Waals surface area contributed by atoms with Crippen molar-refractivity contribution in [3.8, 4) is 17.5 Å². The maximum absolute atomic E-state index is 13.0. The fraction of sp³-hybridized carbons (Fsp3) is 0.100. The number of carbonyl (C=O) groups excluding carboxylic acids is 1. The third-order valence-electron chi connectivity index (χ3n) is 3.74. The molecule has 1 aromatic heterocycles. The zero-order valence-corrected chi connectivity index (χ0v) is 14.4. The summed E-state index contributed by atoms with van der Waals surface area (Å²) in [6.07, 6.45) is 3.02. The Balaban J connectivity index is 1.62. The first-order valence-corrected chi connectivity index (χ1v) is 8.13. The number of nitrogens with one attached hydrogen (secondary N) is 1. The molecule has 27 heavy (non-hydrogen) atoms. The van der Waals surface area contributed by atoms with E-state index in [-0.39, 0.29) is 17.6 Å². The minimum absolute atomic E-state index is 0.245. The van der Waals surface area contributed by atoms with Crippen LogP contribution in [0.1, 0.15) is 30.0 Å². The Labute approximate surface area is 155 Å². The first-order valence-electron chi connectivity index (χ1n) is 8.13. The van der Waals surface area contributed by atoms with E-state index in [9.17, 15) is 9.18 Å². The second kappa shape index (κ2) is 8.06. The second-order valence-electron chi connectivity index (χ2n) is 5.76. The maximum Gasteiger partial charge on any atom is 0.249 e. The number of aromatic nitrogens is 2. The normalized spacial score (nSPS) is 11.9. The van der Waals surface area contributed by atoms with E-state index in [4.69, 9.17) is 9.78 Å². The maximum atomic E-state index is 13.0. The summed E-state index contributed by atoms with van der Waals surface area (Å²) >= 11 is 0. The van der Waals surface area contributed by atoms with Gasteiger partial charge in [-0.05, 0) is 55.0 Å². The third kappa shape index (κ3) is 4.64. The van der Waals surface area contributed by atoms with E-state index >= 15 is 0 Å². The van der Waals surface area contributed by atoms with Crippen LogP contribution in [0.15, 0.2) is 59.1 Å². The van der Waals surface area contributed by atoms with Gasteiger partial charge in [0, 0.05) is 11.6 Å². The number of benzene rings is 2. The van der Waals surface area contributed by atoms with Crippen molar-refractivity contribution in [1.29, 1.82) is 5.26 Å². The van der Waals surface area contributed by atoms with Gasteiger partial charge in [-0.2, -0.15) is 10.2 Å². The molecular formula is C20H15FN4O2. The Morgan fingerprint density at radius 3 is 2.59 bits per heavy atom. The van der Waals surface area contributed by atoms with Crippen LogP contribution in [-0.2, 0) is 4.79 Å². The lowest BCUT2D eigenvalue weighted by molar-refractivity contribution is -0.117. The number of nitriles is 1. The molecule has 2 aromatic carbocycles. The molecule has 0 fully saturated rings. The topological polar surface area (TPSA) is 91.8 Å². The van der Waals surface area contributed by atoms with Crippen LogP contribution in [0.3, 0.4) is 0 Å². The minimum Gasteiger partial charge on any atom is -0.341 e. The molecule has 3 aromatic rings. The summed E-state index contributed by atoms with van der Waals surface area (Å²) < 4.78 is 18.2. The van der Waals surface area contributed by atoms with E-state index in [0.717, 1.165) is 5.56 Å². The Kier molecular flexibility index (Phi) is 5.38. The van der Waals surface area contributed by atoms with Gasteiger partial charge >= 0.3 is 0 Å². The molecule has 0 unspecified atom stereocenters. The van der Waals surface area contributed by atoms with Crippen molar-refractivity contribution in [2.45, 2.75) is 13.0 Å². The van der Waals surface area contributed by atoms with Gasteiger partial charge < -0.3 is 9.84 Å². The van der Waals surface area contributed by atoms with E-state index in [1.165, 1.54) is 18.2 Å². The lowest BCUT2D eigenvalue weighted by Gasteiger charge is -2.06. The van der Waals surface area contributed by atoms with Crippen molar-refractivity contribution in [3.63, 3.8) is 0 Å². The van der Waals surface area contributed by atoms with Gasteiger partial charge in [-0.1, -0.05) is 17.3 Å². The summed E-state index contributed by atoms with van der Waals surface area (Å²) in [7, 11) is 0. The molecular weight excluding hydrogens is 347 g/mol. The molecule has 0 saturated heterocycles. The Bertz CT molecular complexity index is 1000. The number of rotatable bonds is 5. The zero-order chi connectivity index (χ0) is 19.2. The van der Waals surface area contributed by atoms with Crippen LogP contribution in [0.5, 0.6) is 0 Å². The summed E-state index contributed by atoms with van der Waals surface area (Å²) in [5.74, 6) is -0.112. The molecule has 3 rings (SSSR count). The lowest BCUT2D eigenvalue weighted by atomic mass is 10.1. The van der Waals surface area contributed by atoms with Crippen molar-refractivity contribution in [2.24, 2.45) is 0 Å². The molecule has 0 aliphatic carbocycles. The van der Waals surface area contributed by atoms with E-state index in [1.807, 2.05) is 6.07 Å². The van der Waals surface area contributed by atoms with Crippen molar-refractivity contribution >= 4 is 12.0 Å². The largest absolute Gasteiger partial charge is 0.341 e. The SMILES string of the molecule is C[C@@H](NC(=O)/C=C\c1ccc(C#N)cc1)c1nc(-c2ccc(F)cc2)no1. The van der Waals surface area contributed by atoms with Crippen molar-refractivity contribution in [1.82, 2.24) is 15.5 Å². The third-order valence-corrected chi connectivity index (χ3v) is 3.74. The Morgan fingerprint density at radius 2 is 1.93 bits per heavy atom. The predicted octanol–water partition coefficient (Wildman–Crippen LogP) is 3.64. The molecule has 134 valence electrons. The van der Waals surface area contributed by atoms with E-state index in [1.54, 1.807) is 49.4 Å². The number of carbonyl (C=O) groups is 1. The van der Waals surface area contributed by atoms with Gasteiger partial charge in [-0.25, -0.2) is 4.39 Å². The summed E-state index contributed by atoms with van der Waals surface area (Å²) in [4.78, 5) is 16.3. The van der Waals surface area contributed by atoms with Crippen LogP contribution in [-0.4, -0.2) is 16.0 Å². The highest BCUT2D eigenvalue weighted by Gasteiger charge is 2.16. The van der Waals surface area contributed by atoms with Gasteiger partial charge in [0.15, 0.2) is 0 Å². The second-order valence-corrected chi connectivity index (χ2v) is 5.76. The molecule has 1 N–H and O–H groups in total. The van der Waals surface area contributed by atoms with Gasteiger partial charge in [0.1, 0.15) is 11.9 Å². The average molecular weight is 362 g/mol. The fourth-order valence-corrected chi connectivity index (χ4v) is 2.29. The molecule has 0 spiro atoms. The molecule has 0 aliphatic heterocycles. The van der Waals surface area contributed by atoms with Crippen molar-refractivity contribution in [2.75, 3.05) is 0 Å². The zero-order valence-electron chi connectivity index (χ0n) is 14.4. The molecule has 7 heteroatoms. The highest BCUT2D eigenvalue weighted by atomic mass is 19.1. The fourth-order valence-electron chi connectivity index (χ4n) is 2.29. The predicted molar refractivity (Wildman–Crippen MR) is 96.4 cm³/mol. The Hall–Kier alpha value is -3.79. The van der Waals surface area contributed by atoms with E-state index < -0.39 is 6.04 Å². The number of hydrogen-bond acceptors (Lipinski definition) is 5. The standard InChI is InChI=1S/C20H15FN4O2/c1-13(20-24-19(25-27-20)16-7-9-17(21)10-8-16)23-18(26)11-6-14-2-4-15(12-22)5-3-14/h2-11,13H,1H3,(H,23,26)/b11-6-/t13-/m1/s1. The molecule has 0 radical (unpaired) electrons. The van der Waals surface area contributed by atoms with Gasteiger partial charge in [0.25, 0.3) is 0 Å². The quantitative estimate of drug-likeness (QED) is 0.700. The lowest BCUT2D eigenvalue weighted by Crippen LogP contribution is -2.24. The van der Waals surface area contributed by atoms with E-state index in [2.05, 4.69) is 15.5 Å². The average Bonchev–Trinajstić information content (AvgIpc) is 3.18. The van der Waals surface area contributed by atoms with Gasteiger partial charge in [0.2, 0.25) is 17.6 Å². The van der Waals surface area contributed by atoms with Gasteiger partial charge in [0.05, 0.1) is 11.6 Å². The summed E-state index contributed by atoms with van der Waals surface area (Å²) in [5, 5.41) is 15.4. The Morgan fingerprint density at radius 1 is 1.22 bits per heavy atom. The van der Waals surface area contributed by atoms with Crippen molar-refractivity contribution < 1.29 is 13.7 Å². The van der Waals surface area contributed by atoms with Crippen LogP contribution >= 0.6 is 0 Å². The first-order chi connectivity index (χ1) is 13.0. The highest BCUT2D eigenvalue weighted by molar-refractivity contribution is 5.91. The van der Waals surface area contributed by atoms with E-state index in [0.29, 0.717) is 17.0 Å². The molecule has 1 heterocycles. The van der Waals surface area contributed by atoms with Crippen LogP contribution in [0, 0.1) is 17.1 Å². The van der Waals surface area contributed by atoms with Gasteiger partial charge in [-0.3, -0.25) is 4.79 Å². The number of amides is 1. The molecule has 1 atom stereocenters. The summed E-state index contributed by atoms with van der Waals surface area (Å²) in [5.41, 5.74) is 1.97. The van der Waals surface area contributed by atoms with Crippen LogP contribution in [0.2, 0.25) is 0 Å². The first kappa shape index (κ1) is 18.0. The van der Waals surface area contributed by atoms with Crippen molar-refractivity contribution in [3.05, 3.63) is 77.4 Å². The number of halogens is 1. The van der Waals surface area contributed by atoms with Gasteiger partial charge in [-0.15, -0.1) is 0 Å². The monoisotopic (exact) mass is 362 g/mol. The summed E-state index contributed by atoms with van der Waals surface area (Å²) in [6.45, 7) is 1.72. The summed E-state index contributed by atoms with van der Waals surface area (Å²) in [6, 6.07) is 14.1. The minimum atomic E-state index is -0.496. The highest BCUT2D eigenvalue weighted by Crippen LogP contribution is 2.19. The molecule has 1 amide bonds. The van der Waals surface area contributed by atoms with Crippen LogP contribution < -0.4 is 5.32 Å². The van der Waals surface area contributed by atoms with Crippen LogP contribution in [0.25, 0.3) is 17.5 Å². The number of hydrogen-bond donors (Lipinski definition) is 1. The number of nitrogens with zero attached hydrogens (tertiary/aromatic N) is 3. The smallest absolute Gasteiger partial charge is 0.249 e. The van der Waals surface area contributed by atoms with Crippen LogP contribution in [0.4, 0.5) is 4.39 Å². The molecule has 0 aliphatic rings. The molecule has 0 saturated carbocycles. The molecule has 6 nitrogen and oxygen atoms in total. The molecule has 0 bridgehead atoms.